The monoisotopic (exact) mass is 296 g/mol. The molecule has 5 heteroatoms. The second-order valence-electron chi connectivity index (χ2n) is 5.58. The van der Waals surface area contributed by atoms with E-state index in [2.05, 4.69) is 12.2 Å². The molecule has 2 unspecified atom stereocenters. The highest BCUT2D eigenvalue weighted by Gasteiger charge is 2.22. The average molecular weight is 297 g/mol. The van der Waals surface area contributed by atoms with Gasteiger partial charge in [-0.1, -0.05) is 24.9 Å². The van der Waals surface area contributed by atoms with Gasteiger partial charge in [-0.05, 0) is 36.8 Å². The zero-order chi connectivity index (χ0) is 14.7. The van der Waals surface area contributed by atoms with Gasteiger partial charge in [-0.2, -0.15) is 0 Å². The number of anilines is 2. The third-order valence-electron chi connectivity index (χ3n) is 3.89. The number of esters is 1. The molecule has 1 fully saturated rings. The van der Waals surface area contributed by atoms with E-state index in [0.717, 1.165) is 12.5 Å². The lowest BCUT2D eigenvalue weighted by Crippen LogP contribution is -2.15. The van der Waals surface area contributed by atoms with Crippen molar-refractivity contribution in [3.05, 3.63) is 22.7 Å². The number of nitrogens with one attached hydrogen (secondary N) is 1. The Morgan fingerprint density at radius 1 is 1.50 bits per heavy atom. The summed E-state index contributed by atoms with van der Waals surface area (Å²) in [6, 6.07) is 3.24. The van der Waals surface area contributed by atoms with Crippen molar-refractivity contribution in [1.29, 1.82) is 0 Å². The van der Waals surface area contributed by atoms with Crippen LogP contribution in [-0.2, 0) is 4.74 Å². The van der Waals surface area contributed by atoms with Gasteiger partial charge in [0.1, 0.15) is 0 Å². The number of methoxy groups -OCH3 is 1. The topological polar surface area (TPSA) is 64.3 Å². The van der Waals surface area contributed by atoms with Crippen molar-refractivity contribution in [2.75, 3.05) is 24.7 Å². The second-order valence-corrected chi connectivity index (χ2v) is 5.99. The summed E-state index contributed by atoms with van der Waals surface area (Å²) in [5.41, 5.74) is 7.20. The van der Waals surface area contributed by atoms with Crippen LogP contribution in [0.2, 0.25) is 5.02 Å². The summed E-state index contributed by atoms with van der Waals surface area (Å²) in [6.45, 7) is 3.09. The van der Waals surface area contributed by atoms with Crippen LogP contribution < -0.4 is 11.1 Å². The van der Waals surface area contributed by atoms with Crippen LogP contribution in [0.15, 0.2) is 12.1 Å². The molecule has 1 aliphatic rings. The Bertz CT molecular complexity index is 505. The zero-order valence-electron chi connectivity index (χ0n) is 11.9. The number of carbonyl (C=O) groups is 1. The fourth-order valence-electron chi connectivity index (χ4n) is 2.84. The van der Waals surface area contributed by atoms with Crippen LogP contribution in [0.25, 0.3) is 0 Å². The van der Waals surface area contributed by atoms with Gasteiger partial charge in [-0.15, -0.1) is 0 Å². The van der Waals surface area contributed by atoms with Crippen molar-refractivity contribution < 1.29 is 9.53 Å². The van der Waals surface area contributed by atoms with Gasteiger partial charge in [0.05, 0.1) is 23.4 Å². The zero-order valence-corrected chi connectivity index (χ0v) is 12.7. The molecular weight excluding hydrogens is 276 g/mol. The minimum absolute atomic E-state index is 0.392. The Balaban J connectivity index is 2.15. The van der Waals surface area contributed by atoms with Crippen molar-refractivity contribution in [2.24, 2.45) is 11.8 Å². The first kappa shape index (κ1) is 15.0. The van der Waals surface area contributed by atoms with Gasteiger partial charge in [0, 0.05) is 12.2 Å². The summed E-state index contributed by atoms with van der Waals surface area (Å²) in [4.78, 5) is 11.8. The molecule has 110 valence electrons. The quantitative estimate of drug-likeness (QED) is 0.659. The molecule has 3 N–H and O–H groups in total. The van der Waals surface area contributed by atoms with Gasteiger partial charge >= 0.3 is 5.97 Å². The lowest BCUT2D eigenvalue weighted by molar-refractivity contribution is 0.0602. The van der Waals surface area contributed by atoms with E-state index in [1.165, 1.54) is 26.4 Å². The first-order chi connectivity index (χ1) is 9.51. The molecule has 1 aliphatic carbocycles. The normalized spacial score (nSPS) is 21.8. The number of nitrogen functional groups attached to an aromatic ring is 1. The number of ether oxygens (including phenoxy) is 1. The van der Waals surface area contributed by atoms with E-state index in [-0.39, 0.29) is 0 Å². The second kappa shape index (κ2) is 6.35. The number of hydrogen-bond acceptors (Lipinski definition) is 4. The molecule has 0 heterocycles. The van der Waals surface area contributed by atoms with Gasteiger partial charge in [0.15, 0.2) is 0 Å². The molecule has 0 amide bonds. The van der Waals surface area contributed by atoms with E-state index in [1.807, 2.05) is 0 Å². The first-order valence-corrected chi connectivity index (χ1v) is 7.30. The molecule has 1 aromatic carbocycles. The average Bonchev–Trinajstić information content (AvgIpc) is 2.81. The molecule has 0 aromatic heterocycles. The van der Waals surface area contributed by atoms with Crippen LogP contribution in [0, 0.1) is 11.8 Å². The van der Waals surface area contributed by atoms with Crippen LogP contribution in [0.1, 0.15) is 36.5 Å². The maximum Gasteiger partial charge on any atom is 0.340 e. The van der Waals surface area contributed by atoms with Gasteiger partial charge in [0.25, 0.3) is 0 Å². The van der Waals surface area contributed by atoms with Crippen LogP contribution in [0.5, 0.6) is 0 Å². The van der Waals surface area contributed by atoms with Crippen molar-refractivity contribution in [1.82, 2.24) is 0 Å². The third kappa shape index (κ3) is 3.37. The van der Waals surface area contributed by atoms with Gasteiger partial charge in [0.2, 0.25) is 0 Å². The summed E-state index contributed by atoms with van der Waals surface area (Å²) in [7, 11) is 1.35. The van der Waals surface area contributed by atoms with Crippen molar-refractivity contribution in [2.45, 2.75) is 26.2 Å². The highest BCUT2D eigenvalue weighted by Crippen LogP contribution is 2.33. The number of benzene rings is 1. The maximum atomic E-state index is 11.8. The van der Waals surface area contributed by atoms with E-state index in [0.29, 0.717) is 27.9 Å². The van der Waals surface area contributed by atoms with Crippen LogP contribution in [-0.4, -0.2) is 19.6 Å². The number of hydrogen-bond donors (Lipinski definition) is 2. The molecule has 0 saturated heterocycles. The molecule has 4 nitrogen and oxygen atoms in total. The number of rotatable bonds is 4. The highest BCUT2D eigenvalue weighted by molar-refractivity contribution is 6.34. The Hall–Kier alpha value is -1.42. The van der Waals surface area contributed by atoms with Gasteiger partial charge in [-0.3, -0.25) is 0 Å². The summed E-state index contributed by atoms with van der Waals surface area (Å²) < 4.78 is 4.78. The largest absolute Gasteiger partial charge is 0.465 e. The molecule has 0 radical (unpaired) electrons. The molecule has 1 saturated carbocycles. The molecule has 0 aliphatic heterocycles. The molecule has 0 spiro atoms. The third-order valence-corrected chi connectivity index (χ3v) is 4.19. The number of carbonyl (C=O) groups excluding carboxylic acids is 1. The number of nitrogens with two attached hydrogens (primary N) is 1. The highest BCUT2D eigenvalue weighted by atomic mass is 35.5. The Kier molecular flexibility index (Phi) is 4.76. The van der Waals surface area contributed by atoms with Crippen molar-refractivity contribution in [3.8, 4) is 0 Å². The maximum absolute atomic E-state index is 11.8. The minimum atomic E-state index is -0.429. The Morgan fingerprint density at radius 3 is 2.85 bits per heavy atom. The Morgan fingerprint density at radius 2 is 2.25 bits per heavy atom. The standard InChI is InChI=1S/C15H21ClN2O2/c1-9-3-4-10(5-9)8-18-14-12(15(19)20-2)6-11(17)7-13(14)16/h6-7,9-10,18H,3-5,8,17H2,1-2H3. The Labute approximate surface area is 124 Å². The van der Waals surface area contributed by atoms with Gasteiger partial charge in [-0.25, -0.2) is 4.79 Å². The molecule has 2 rings (SSSR count). The number of halogens is 1. The van der Waals surface area contributed by atoms with E-state index in [9.17, 15) is 4.79 Å². The van der Waals surface area contributed by atoms with Crippen molar-refractivity contribution in [3.63, 3.8) is 0 Å². The lowest BCUT2D eigenvalue weighted by Gasteiger charge is -2.16. The molecular formula is C15H21ClN2O2. The SMILES string of the molecule is COC(=O)c1cc(N)cc(Cl)c1NCC1CCC(C)C1. The van der Waals surface area contributed by atoms with Crippen LogP contribution in [0.3, 0.4) is 0 Å². The van der Waals surface area contributed by atoms with E-state index < -0.39 is 5.97 Å². The van der Waals surface area contributed by atoms with Gasteiger partial charge < -0.3 is 15.8 Å². The fourth-order valence-corrected chi connectivity index (χ4v) is 3.13. The molecule has 1 aromatic rings. The van der Waals surface area contributed by atoms with Crippen LogP contribution >= 0.6 is 11.6 Å². The first-order valence-electron chi connectivity index (χ1n) is 6.92. The van der Waals surface area contributed by atoms with E-state index in [4.69, 9.17) is 22.1 Å². The molecule has 20 heavy (non-hydrogen) atoms. The summed E-state index contributed by atoms with van der Waals surface area (Å²) in [5.74, 6) is 0.981. The van der Waals surface area contributed by atoms with E-state index >= 15 is 0 Å². The van der Waals surface area contributed by atoms with E-state index in [1.54, 1.807) is 12.1 Å². The predicted octanol–water partition coefficient (Wildman–Crippen LogP) is 3.56. The predicted molar refractivity (Wildman–Crippen MR) is 82.2 cm³/mol. The van der Waals surface area contributed by atoms with Crippen molar-refractivity contribution >= 4 is 28.9 Å². The van der Waals surface area contributed by atoms with Crippen LogP contribution in [0.4, 0.5) is 11.4 Å². The molecule has 2 atom stereocenters. The summed E-state index contributed by atoms with van der Waals surface area (Å²) >= 11 is 6.20. The lowest BCUT2D eigenvalue weighted by atomic mass is 10.1. The minimum Gasteiger partial charge on any atom is -0.465 e. The fraction of sp³-hybridized carbons (Fsp3) is 0.533. The molecule has 0 bridgehead atoms. The smallest absolute Gasteiger partial charge is 0.340 e. The summed E-state index contributed by atoms with van der Waals surface area (Å²) in [6.07, 6.45) is 3.70. The summed E-state index contributed by atoms with van der Waals surface area (Å²) in [5, 5.41) is 3.75.